The number of aryl methyl sites for hydroxylation is 2. The number of benzene rings is 2. The minimum Gasteiger partial charge on any atom is -0.516 e. The Labute approximate surface area is 248 Å². The number of aromatic nitrogens is 1. The van der Waals surface area contributed by atoms with Crippen molar-refractivity contribution in [3.8, 4) is 0 Å². The fourth-order valence-electron chi connectivity index (χ4n) is 4.41. The van der Waals surface area contributed by atoms with Gasteiger partial charge in [-0.25, -0.2) is 9.37 Å². The van der Waals surface area contributed by atoms with Gasteiger partial charge < -0.3 is 14.8 Å². The number of rotatable bonds is 11. The Morgan fingerprint density at radius 1 is 1.07 bits per heavy atom. The molecular weight excluding hydrogens is 511 g/mol. The number of oxazole rings is 1. The fourth-order valence-corrected chi connectivity index (χ4v) is 4.41. The first-order chi connectivity index (χ1) is 19.8. The van der Waals surface area contributed by atoms with Crippen LogP contribution in [0.2, 0.25) is 0 Å². The van der Waals surface area contributed by atoms with Gasteiger partial charge in [0.25, 0.3) is 0 Å². The second kappa shape index (κ2) is 18.5. The first-order valence-electron chi connectivity index (χ1n) is 15.7. The van der Waals surface area contributed by atoms with Crippen LogP contribution in [0.25, 0.3) is 16.7 Å². The molecule has 2 N–H and O–H groups in total. The Bertz CT molecular complexity index is 1230. The van der Waals surface area contributed by atoms with E-state index in [0.717, 1.165) is 77.3 Å². The van der Waals surface area contributed by atoms with Gasteiger partial charge in [-0.15, -0.1) is 0 Å². The normalized spacial score (nSPS) is 14.3. The molecule has 0 aliphatic heterocycles. The number of halogens is 1. The molecule has 0 spiro atoms. The SMILES string of the molecule is CC/C=C(/c1ccc2nc(CCC)oc2c1)c1ccc(F)cc1C.CCC(C)CCNC(C)CC.OC=C1CCC1. The molecule has 1 saturated carbocycles. The number of nitrogens with one attached hydrogen (secondary N) is 1. The lowest BCUT2D eigenvalue weighted by Gasteiger charge is -2.13. The Morgan fingerprint density at radius 2 is 1.83 bits per heavy atom. The van der Waals surface area contributed by atoms with E-state index >= 15 is 0 Å². The zero-order chi connectivity index (χ0) is 30.2. The number of nitrogens with zero attached hydrogens (tertiary/aromatic N) is 1. The van der Waals surface area contributed by atoms with Crippen LogP contribution >= 0.6 is 0 Å². The van der Waals surface area contributed by atoms with Crippen molar-refractivity contribution in [3.63, 3.8) is 0 Å². The topological polar surface area (TPSA) is 58.3 Å². The summed E-state index contributed by atoms with van der Waals surface area (Å²) in [4.78, 5) is 4.52. The number of hydrogen-bond acceptors (Lipinski definition) is 4. The molecule has 2 unspecified atom stereocenters. The quantitative estimate of drug-likeness (QED) is 0.227. The van der Waals surface area contributed by atoms with Crippen LogP contribution in [0, 0.1) is 18.7 Å². The summed E-state index contributed by atoms with van der Waals surface area (Å²) in [6, 6.07) is 11.7. The molecular formula is C36H53FN2O2. The Kier molecular flexibility index (Phi) is 15.5. The number of allylic oxidation sites excluding steroid dienone is 2. The molecule has 226 valence electrons. The largest absolute Gasteiger partial charge is 0.516 e. The fraction of sp³-hybridized carbons (Fsp3) is 0.528. The van der Waals surface area contributed by atoms with E-state index in [4.69, 9.17) is 9.52 Å². The summed E-state index contributed by atoms with van der Waals surface area (Å²) < 4.78 is 19.3. The Morgan fingerprint density at radius 3 is 2.37 bits per heavy atom. The molecule has 4 rings (SSSR count). The maximum Gasteiger partial charge on any atom is 0.195 e. The van der Waals surface area contributed by atoms with Crippen LogP contribution < -0.4 is 5.32 Å². The maximum absolute atomic E-state index is 13.4. The number of aliphatic hydroxyl groups excluding tert-OH is 1. The number of aliphatic hydroxyl groups is 1. The molecule has 2 aromatic carbocycles. The van der Waals surface area contributed by atoms with Gasteiger partial charge >= 0.3 is 0 Å². The lowest BCUT2D eigenvalue weighted by molar-refractivity contribution is 0.447. The van der Waals surface area contributed by atoms with Gasteiger partial charge in [0.1, 0.15) is 11.3 Å². The predicted octanol–water partition coefficient (Wildman–Crippen LogP) is 10.5. The summed E-state index contributed by atoms with van der Waals surface area (Å²) in [6.07, 6.45) is 13.5. The van der Waals surface area contributed by atoms with Crippen molar-refractivity contribution in [2.24, 2.45) is 5.92 Å². The van der Waals surface area contributed by atoms with E-state index in [1.807, 2.05) is 25.1 Å². The Balaban J connectivity index is 0.000000285. The molecule has 41 heavy (non-hydrogen) atoms. The van der Waals surface area contributed by atoms with E-state index in [-0.39, 0.29) is 5.82 Å². The average molecular weight is 565 g/mol. The van der Waals surface area contributed by atoms with E-state index in [2.05, 4.69) is 64.0 Å². The van der Waals surface area contributed by atoms with Crippen LogP contribution in [-0.2, 0) is 6.42 Å². The van der Waals surface area contributed by atoms with Crippen molar-refractivity contribution in [1.29, 1.82) is 0 Å². The molecule has 1 fully saturated rings. The van der Waals surface area contributed by atoms with Crippen molar-refractivity contribution in [3.05, 3.63) is 82.7 Å². The van der Waals surface area contributed by atoms with Gasteiger partial charge in [0.15, 0.2) is 11.5 Å². The molecule has 0 amide bonds. The predicted molar refractivity (Wildman–Crippen MR) is 173 cm³/mol. The van der Waals surface area contributed by atoms with E-state index in [1.165, 1.54) is 50.1 Å². The highest BCUT2D eigenvalue weighted by Crippen LogP contribution is 2.30. The van der Waals surface area contributed by atoms with Crippen LogP contribution in [-0.4, -0.2) is 22.7 Å². The van der Waals surface area contributed by atoms with Gasteiger partial charge in [0.2, 0.25) is 0 Å². The van der Waals surface area contributed by atoms with Crippen LogP contribution in [0.15, 0.2) is 58.7 Å². The number of fused-ring (bicyclic) bond motifs is 1. The van der Waals surface area contributed by atoms with Gasteiger partial charge in [-0.1, -0.05) is 59.2 Å². The minimum atomic E-state index is -0.206. The monoisotopic (exact) mass is 564 g/mol. The summed E-state index contributed by atoms with van der Waals surface area (Å²) in [6.45, 7) is 16.4. The van der Waals surface area contributed by atoms with E-state index < -0.39 is 0 Å². The van der Waals surface area contributed by atoms with E-state index in [0.29, 0.717) is 6.04 Å². The van der Waals surface area contributed by atoms with Crippen molar-refractivity contribution in [1.82, 2.24) is 10.3 Å². The zero-order valence-electron chi connectivity index (χ0n) is 26.5. The summed E-state index contributed by atoms with van der Waals surface area (Å²) in [5.41, 5.74) is 7.04. The van der Waals surface area contributed by atoms with Gasteiger partial charge in [-0.3, -0.25) is 0 Å². The van der Waals surface area contributed by atoms with Crippen molar-refractivity contribution in [2.45, 2.75) is 112 Å². The lowest BCUT2D eigenvalue weighted by Crippen LogP contribution is -2.27. The summed E-state index contributed by atoms with van der Waals surface area (Å²) in [7, 11) is 0. The molecule has 1 heterocycles. The highest BCUT2D eigenvalue weighted by atomic mass is 19.1. The zero-order valence-corrected chi connectivity index (χ0v) is 26.5. The molecule has 1 aliphatic carbocycles. The third kappa shape index (κ3) is 11.5. The molecule has 2 atom stereocenters. The first kappa shape index (κ1) is 34.3. The second-order valence-electron chi connectivity index (χ2n) is 11.2. The van der Waals surface area contributed by atoms with Crippen molar-refractivity contribution >= 4 is 16.7 Å². The molecule has 3 aromatic rings. The van der Waals surface area contributed by atoms with Crippen LogP contribution in [0.3, 0.4) is 0 Å². The average Bonchev–Trinajstić information content (AvgIpc) is 3.34. The first-order valence-corrected chi connectivity index (χ1v) is 15.7. The standard InChI is InChI=1S/C21H22FNO.C10H23N.C5H8O/c1-4-6-18(17-10-9-16(22)12-14(17)3)15-8-11-19-20(13-15)24-21(23-19)7-5-2;1-5-9(3)7-8-11-10(4)6-2;6-4-5-2-1-3-5/h6,8-13H,4-5,7H2,1-3H3;9-11H,5-8H2,1-4H3;4,6H,1-3H2/b18-6-;;. The molecule has 1 aliphatic rings. The van der Waals surface area contributed by atoms with Crippen LogP contribution in [0.1, 0.15) is 115 Å². The lowest BCUT2D eigenvalue weighted by atomic mass is 9.93. The highest BCUT2D eigenvalue weighted by Gasteiger charge is 2.12. The van der Waals surface area contributed by atoms with Crippen molar-refractivity contribution < 1.29 is 13.9 Å². The molecule has 1 aromatic heterocycles. The summed E-state index contributed by atoms with van der Waals surface area (Å²) in [5, 5.41) is 11.7. The van der Waals surface area contributed by atoms with E-state index in [9.17, 15) is 4.39 Å². The second-order valence-corrected chi connectivity index (χ2v) is 11.2. The van der Waals surface area contributed by atoms with E-state index in [1.54, 1.807) is 6.07 Å². The van der Waals surface area contributed by atoms with Crippen molar-refractivity contribution in [2.75, 3.05) is 6.54 Å². The number of hydrogen-bond donors (Lipinski definition) is 2. The van der Waals surface area contributed by atoms with Gasteiger partial charge in [0, 0.05) is 12.5 Å². The third-order valence-electron chi connectivity index (χ3n) is 7.71. The molecule has 4 nitrogen and oxygen atoms in total. The van der Waals surface area contributed by atoms with Gasteiger partial charge in [-0.05, 0) is 123 Å². The Hall–Kier alpha value is -2.92. The minimum absolute atomic E-state index is 0.206. The van der Waals surface area contributed by atoms with Gasteiger partial charge in [-0.2, -0.15) is 0 Å². The van der Waals surface area contributed by atoms with Crippen LogP contribution in [0.5, 0.6) is 0 Å². The molecule has 0 radical (unpaired) electrons. The smallest absolute Gasteiger partial charge is 0.195 e. The van der Waals surface area contributed by atoms with Crippen LogP contribution in [0.4, 0.5) is 4.39 Å². The highest BCUT2D eigenvalue weighted by molar-refractivity contribution is 5.86. The maximum atomic E-state index is 13.4. The third-order valence-corrected chi connectivity index (χ3v) is 7.71. The van der Waals surface area contributed by atoms with Gasteiger partial charge in [0.05, 0.1) is 6.26 Å². The molecule has 5 heteroatoms. The molecule has 0 saturated heterocycles. The molecule has 0 bridgehead atoms. The summed E-state index contributed by atoms with van der Waals surface area (Å²) in [5.74, 6) is 1.46. The summed E-state index contributed by atoms with van der Waals surface area (Å²) >= 11 is 0.